The summed E-state index contributed by atoms with van der Waals surface area (Å²) in [6.07, 6.45) is 1.51. The molecule has 1 amide bonds. The zero-order valence-corrected chi connectivity index (χ0v) is 22.4. The number of aliphatic carboxylic acids is 2. The summed E-state index contributed by atoms with van der Waals surface area (Å²) in [5, 5.41) is 27.0. The van der Waals surface area contributed by atoms with Crippen LogP contribution in [0.25, 0.3) is 0 Å². The lowest BCUT2D eigenvalue weighted by atomic mass is 9.92. The third kappa shape index (κ3) is 6.84. The smallest absolute Gasteiger partial charge is 0.408 e. The Kier molecular flexibility index (Phi) is 8.67. The van der Waals surface area contributed by atoms with E-state index in [9.17, 15) is 19.5 Å². The van der Waals surface area contributed by atoms with Gasteiger partial charge >= 0.3 is 18.0 Å². The van der Waals surface area contributed by atoms with Crippen molar-refractivity contribution in [2.24, 2.45) is 0 Å². The highest BCUT2D eigenvalue weighted by atomic mass is 16.6. The fraction of sp³-hybridized carbons (Fsp3) is 0.538. The second-order valence-electron chi connectivity index (χ2n) is 9.91. The summed E-state index contributed by atoms with van der Waals surface area (Å²) in [5.74, 6) is 0.492. The fourth-order valence-corrected chi connectivity index (χ4v) is 4.84. The molecular formula is C26H35N7O6. The first kappa shape index (κ1) is 27.9. The number of pyridine rings is 1. The average molecular weight is 542 g/mol. The van der Waals surface area contributed by atoms with Crippen LogP contribution in [0.5, 0.6) is 0 Å². The van der Waals surface area contributed by atoms with E-state index in [0.717, 1.165) is 68.2 Å². The van der Waals surface area contributed by atoms with Gasteiger partial charge in [-0.15, -0.1) is 0 Å². The molecule has 0 radical (unpaired) electrons. The molecule has 2 aromatic rings. The van der Waals surface area contributed by atoms with Gasteiger partial charge in [-0.05, 0) is 58.1 Å². The molecule has 0 spiro atoms. The molecule has 0 aromatic carbocycles. The Morgan fingerprint density at radius 2 is 1.87 bits per heavy atom. The van der Waals surface area contributed by atoms with Crippen molar-refractivity contribution in [3.05, 3.63) is 34.8 Å². The third-order valence-electron chi connectivity index (χ3n) is 7.06. The minimum atomic E-state index is -1.41. The summed E-state index contributed by atoms with van der Waals surface area (Å²) >= 11 is 0. The van der Waals surface area contributed by atoms with Crippen molar-refractivity contribution in [1.29, 1.82) is 0 Å². The summed E-state index contributed by atoms with van der Waals surface area (Å²) in [6.45, 7) is 7.16. The summed E-state index contributed by atoms with van der Waals surface area (Å²) in [5.41, 5.74) is 3.16. The highest BCUT2D eigenvalue weighted by Crippen LogP contribution is 2.33. The summed E-state index contributed by atoms with van der Waals surface area (Å²) in [7, 11) is 0. The summed E-state index contributed by atoms with van der Waals surface area (Å²) in [4.78, 5) is 50.7. The number of aryl methyl sites for hydroxylation is 2. The number of hydrogen-bond donors (Lipinski definition) is 5. The first-order chi connectivity index (χ1) is 18.6. The van der Waals surface area contributed by atoms with Crippen LogP contribution in [-0.4, -0.2) is 81.5 Å². The molecule has 39 heavy (non-hydrogen) atoms. The van der Waals surface area contributed by atoms with Crippen LogP contribution in [0.4, 0.5) is 22.2 Å². The molecule has 1 fully saturated rings. The van der Waals surface area contributed by atoms with Gasteiger partial charge < -0.3 is 35.8 Å². The van der Waals surface area contributed by atoms with Crippen LogP contribution in [0.1, 0.15) is 54.7 Å². The Hall–Kier alpha value is -4.16. The van der Waals surface area contributed by atoms with E-state index < -0.39 is 30.2 Å². The van der Waals surface area contributed by atoms with Crippen LogP contribution in [0.3, 0.4) is 0 Å². The lowest BCUT2D eigenvalue weighted by molar-refractivity contribution is -0.145. The van der Waals surface area contributed by atoms with E-state index in [4.69, 9.17) is 10.1 Å². The molecule has 2 aliphatic heterocycles. The zero-order chi connectivity index (χ0) is 28.1. The van der Waals surface area contributed by atoms with Gasteiger partial charge in [-0.1, -0.05) is 6.07 Å². The Morgan fingerprint density at radius 1 is 1.13 bits per heavy atom. The highest BCUT2D eigenvalue weighted by molar-refractivity contribution is 5.82. The van der Waals surface area contributed by atoms with Gasteiger partial charge in [0.15, 0.2) is 6.10 Å². The highest BCUT2D eigenvalue weighted by Gasteiger charge is 2.27. The van der Waals surface area contributed by atoms with Crippen molar-refractivity contribution in [3.63, 3.8) is 0 Å². The molecule has 13 nitrogen and oxygen atoms in total. The van der Waals surface area contributed by atoms with Crippen LogP contribution in [0, 0.1) is 13.8 Å². The molecule has 0 saturated carbocycles. The Bertz CT molecular complexity index is 1230. The molecule has 4 heterocycles. The maximum atomic E-state index is 11.9. The van der Waals surface area contributed by atoms with Gasteiger partial charge in [0, 0.05) is 43.4 Å². The minimum absolute atomic E-state index is 0.192. The van der Waals surface area contributed by atoms with Crippen LogP contribution in [0.15, 0.2) is 12.1 Å². The first-order valence-electron chi connectivity index (χ1n) is 13.1. The summed E-state index contributed by atoms with van der Waals surface area (Å²) < 4.78 is 4.67. The maximum absolute atomic E-state index is 11.9. The van der Waals surface area contributed by atoms with E-state index in [-0.39, 0.29) is 6.54 Å². The van der Waals surface area contributed by atoms with E-state index in [1.54, 1.807) is 6.92 Å². The Morgan fingerprint density at radius 3 is 2.56 bits per heavy atom. The van der Waals surface area contributed by atoms with Gasteiger partial charge in [0.25, 0.3) is 0 Å². The number of aromatic nitrogens is 3. The standard InChI is InChI=1S/C26H35N7O6/c1-14-21(28-13-20(25(36)37)32-26(38)39-15(2)24(34)35)29-16(3)30-23(14)33-11-8-17(9-12-33)19-7-6-18-5-4-10-27-22(18)31-19/h6-7,15,17,20H,4-5,8-13H2,1-3H3,(H,27,31)(H,32,38)(H,34,35)(H,36,37)(H,28,29,30)/t15-,20-/m0/s1. The molecule has 1 saturated heterocycles. The molecule has 2 atom stereocenters. The van der Waals surface area contributed by atoms with E-state index >= 15 is 0 Å². The molecular weight excluding hydrogens is 506 g/mol. The quantitative estimate of drug-likeness (QED) is 0.313. The molecule has 13 heteroatoms. The zero-order valence-electron chi connectivity index (χ0n) is 22.4. The second-order valence-corrected chi connectivity index (χ2v) is 9.91. The van der Waals surface area contributed by atoms with Gasteiger partial charge in [-0.25, -0.2) is 29.3 Å². The third-order valence-corrected chi connectivity index (χ3v) is 7.06. The van der Waals surface area contributed by atoms with Gasteiger partial charge in [0.2, 0.25) is 0 Å². The number of carboxylic acid groups (broad SMARTS) is 2. The van der Waals surface area contributed by atoms with E-state index in [1.807, 2.05) is 6.92 Å². The van der Waals surface area contributed by atoms with Crippen molar-refractivity contribution in [3.8, 4) is 0 Å². The molecule has 2 aliphatic rings. The number of alkyl carbamates (subject to hydrolysis) is 1. The minimum Gasteiger partial charge on any atom is -0.480 e. The van der Waals surface area contributed by atoms with Crippen LogP contribution in [-0.2, 0) is 20.7 Å². The largest absolute Gasteiger partial charge is 0.480 e. The summed E-state index contributed by atoms with van der Waals surface area (Å²) in [6, 6.07) is 2.97. The topological polar surface area (TPSA) is 179 Å². The fourth-order valence-electron chi connectivity index (χ4n) is 4.84. The number of nitrogens with one attached hydrogen (secondary N) is 3. The monoisotopic (exact) mass is 541 g/mol. The number of rotatable bonds is 9. The molecule has 0 bridgehead atoms. The van der Waals surface area contributed by atoms with Gasteiger partial charge in [-0.3, -0.25) is 0 Å². The van der Waals surface area contributed by atoms with Crippen LogP contribution < -0.4 is 20.9 Å². The van der Waals surface area contributed by atoms with Crippen LogP contribution >= 0.6 is 0 Å². The van der Waals surface area contributed by atoms with Crippen molar-refractivity contribution in [1.82, 2.24) is 20.3 Å². The van der Waals surface area contributed by atoms with E-state index in [0.29, 0.717) is 17.6 Å². The van der Waals surface area contributed by atoms with Crippen LogP contribution in [0.2, 0.25) is 0 Å². The van der Waals surface area contributed by atoms with Crippen molar-refractivity contribution < 1.29 is 29.3 Å². The van der Waals surface area contributed by atoms with Gasteiger partial charge in [-0.2, -0.15) is 0 Å². The Labute approximate surface area is 226 Å². The second kappa shape index (κ2) is 12.1. The van der Waals surface area contributed by atoms with Gasteiger partial charge in [0.1, 0.15) is 29.3 Å². The first-order valence-corrected chi connectivity index (χ1v) is 13.1. The number of carboxylic acids is 2. The molecule has 210 valence electrons. The van der Waals surface area contributed by atoms with Crippen molar-refractivity contribution >= 4 is 35.5 Å². The number of carbonyl (C=O) groups excluding carboxylic acids is 1. The molecule has 5 N–H and O–H groups in total. The van der Waals surface area contributed by atoms with Crippen molar-refractivity contribution in [2.75, 3.05) is 41.7 Å². The number of hydrogen-bond acceptors (Lipinski definition) is 10. The van der Waals surface area contributed by atoms with Crippen molar-refractivity contribution in [2.45, 2.75) is 64.5 Å². The number of anilines is 3. The Balaban J connectivity index is 1.39. The van der Waals surface area contributed by atoms with E-state index in [1.165, 1.54) is 12.5 Å². The molecule has 2 aromatic heterocycles. The molecule has 0 unspecified atom stereocenters. The van der Waals surface area contributed by atoms with Gasteiger partial charge in [0.05, 0.1) is 0 Å². The number of piperidine rings is 1. The molecule has 4 rings (SSSR count). The number of nitrogens with zero attached hydrogens (tertiary/aromatic N) is 4. The maximum Gasteiger partial charge on any atom is 0.408 e. The lowest BCUT2D eigenvalue weighted by Gasteiger charge is -2.34. The predicted octanol–water partition coefficient (Wildman–Crippen LogP) is 2.29. The number of fused-ring (bicyclic) bond motifs is 1. The number of carbonyl (C=O) groups is 3. The normalized spacial score (nSPS) is 16.8. The SMILES string of the molecule is Cc1nc(NC[C@H](NC(=O)O[C@@H](C)C(=O)O)C(=O)O)c(C)c(N2CCC(c3ccc4c(n3)NCCC4)CC2)n1. The lowest BCUT2D eigenvalue weighted by Crippen LogP contribution is -2.46. The number of ether oxygens (including phenoxy) is 1. The number of amides is 1. The molecule has 0 aliphatic carbocycles. The average Bonchev–Trinajstić information content (AvgIpc) is 2.92. The van der Waals surface area contributed by atoms with E-state index in [2.05, 4.69) is 47.7 Å². The predicted molar refractivity (Wildman–Crippen MR) is 143 cm³/mol.